The van der Waals surface area contributed by atoms with Gasteiger partial charge in [0, 0.05) is 12.5 Å². The Kier molecular flexibility index (Phi) is 5.30. The van der Waals surface area contributed by atoms with E-state index in [0.717, 1.165) is 6.07 Å². The summed E-state index contributed by atoms with van der Waals surface area (Å²) in [7, 11) is 0. The molecule has 0 bridgehead atoms. The first-order valence-electron chi connectivity index (χ1n) is 6.45. The summed E-state index contributed by atoms with van der Waals surface area (Å²) < 4.78 is 31.8. The van der Waals surface area contributed by atoms with Crippen molar-refractivity contribution in [1.82, 2.24) is 0 Å². The molecule has 0 atom stereocenters. The van der Waals surface area contributed by atoms with E-state index in [1.54, 1.807) is 18.2 Å². The highest BCUT2D eigenvalue weighted by Gasteiger charge is 2.04. The van der Waals surface area contributed by atoms with Gasteiger partial charge < -0.3 is 9.84 Å². The third-order valence-corrected chi connectivity index (χ3v) is 2.66. The van der Waals surface area contributed by atoms with E-state index in [4.69, 9.17) is 9.84 Å². The van der Waals surface area contributed by atoms with E-state index in [1.807, 2.05) is 6.07 Å². The number of hydrogen-bond acceptors (Lipinski definition) is 2. The van der Waals surface area contributed by atoms with E-state index >= 15 is 0 Å². The Morgan fingerprint density at radius 1 is 1.05 bits per heavy atom. The zero-order chi connectivity index (χ0) is 15.1. The van der Waals surface area contributed by atoms with Gasteiger partial charge in [-0.15, -0.1) is 0 Å². The first-order chi connectivity index (χ1) is 10.2. The molecule has 0 aliphatic heterocycles. The maximum absolute atomic E-state index is 13.1. The Hall–Kier alpha value is -2.38. The molecule has 0 saturated carbocycles. The van der Waals surface area contributed by atoms with E-state index in [2.05, 4.69) is 11.8 Å². The molecule has 0 aliphatic carbocycles. The molecule has 1 N–H and O–H groups in total. The van der Waals surface area contributed by atoms with Gasteiger partial charge >= 0.3 is 0 Å². The van der Waals surface area contributed by atoms with Gasteiger partial charge in [-0.1, -0.05) is 24.0 Å². The van der Waals surface area contributed by atoms with Crippen LogP contribution >= 0.6 is 0 Å². The molecule has 21 heavy (non-hydrogen) atoms. The van der Waals surface area contributed by atoms with Gasteiger partial charge in [-0.05, 0) is 29.8 Å². The van der Waals surface area contributed by atoms with Crippen LogP contribution in [0.3, 0.4) is 0 Å². The Morgan fingerprint density at radius 3 is 2.48 bits per heavy atom. The van der Waals surface area contributed by atoms with Crippen molar-refractivity contribution in [2.45, 2.75) is 13.0 Å². The predicted molar refractivity (Wildman–Crippen MR) is 75.7 cm³/mol. The van der Waals surface area contributed by atoms with Crippen molar-refractivity contribution in [1.29, 1.82) is 0 Å². The zero-order valence-electron chi connectivity index (χ0n) is 11.3. The van der Waals surface area contributed by atoms with Crippen molar-refractivity contribution in [3.05, 3.63) is 65.2 Å². The Balaban J connectivity index is 2.11. The molecule has 0 aromatic heterocycles. The summed E-state index contributed by atoms with van der Waals surface area (Å²) in [5.41, 5.74) is 1.08. The van der Waals surface area contributed by atoms with Crippen LogP contribution in [0.1, 0.15) is 17.5 Å². The molecule has 0 spiro atoms. The first-order valence-corrected chi connectivity index (χ1v) is 6.45. The standard InChI is InChI=1S/C17H14F2O2/c18-15-9-13(10-16(19)11-15)12-21-17-7-2-1-5-14(17)6-3-4-8-20/h1-2,5,7,9-11,20H,4,8,12H2. The molecule has 0 saturated heterocycles. The maximum Gasteiger partial charge on any atom is 0.135 e. The van der Waals surface area contributed by atoms with E-state index < -0.39 is 11.6 Å². The summed E-state index contributed by atoms with van der Waals surface area (Å²) in [5, 5.41) is 8.71. The van der Waals surface area contributed by atoms with Crippen LogP contribution in [0, 0.1) is 23.5 Å². The van der Waals surface area contributed by atoms with Crippen LogP contribution < -0.4 is 4.74 Å². The van der Waals surface area contributed by atoms with Crippen molar-refractivity contribution in [3.8, 4) is 17.6 Å². The number of halogens is 2. The lowest BCUT2D eigenvalue weighted by molar-refractivity contribution is 0.303. The van der Waals surface area contributed by atoms with Crippen molar-refractivity contribution in [2.75, 3.05) is 6.61 Å². The molecule has 4 heteroatoms. The molecule has 108 valence electrons. The number of para-hydroxylation sites is 1. The van der Waals surface area contributed by atoms with Crippen molar-refractivity contribution < 1.29 is 18.6 Å². The Bertz CT molecular complexity index is 652. The summed E-state index contributed by atoms with van der Waals surface area (Å²) in [5.74, 6) is 4.96. The van der Waals surface area contributed by atoms with Gasteiger partial charge in [-0.3, -0.25) is 0 Å². The Labute approximate surface area is 122 Å². The molecule has 0 fully saturated rings. The normalized spacial score (nSPS) is 9.86. The highest BCUT2D eigenvalue weighted by molar-refractivity contribution is 5.45. The quantitative estimate of drug-likeness (QED) is 0.875. The number of aliphatic hydroxyl groups is 1. The van der Waals surface area contributed by atoms with Crippen molar-refractivity contribution in [2.24, 2.45) is 0 Å². The fourth-order valence-electron chi connectivity index (χ4n) is 1.76. The molecule has 0 amide bonds. The molecule has 2 nitrogen and oxygen atoms in total. The van der Waals surface area contributed by atoms with Crippen molar-refractivity contribution in [3.63, 3.8) is 0 Å². The minimum Gasteiger partial charge on any atom is -0.488 e. The summed E-state index contributed by atoms with van der Waals surface area (Å²) in [6, 6.07) is 10.4. The molecule has 2 aromatic carbocycles. The Morgan fingerprint density at radius 2 is 1.76 bits per heavy atom. The summed E-state index contributed by atoms with van der Waals surface area (Å²) in [6.45, 7) is 0.0476. The maximum atomic E-state index is 13.1. The lowest BCUT2D eigenvalue weighted by atomic mass is 10.2. The fraction of sp³-hybridized carbons (Fsp3) is 0.176. The second-order valence-corrected chi connectivity index (χ2v) is 4.34. The highest BCUT2D eigenvalue weighted by Crippen LogP contribution is 2.19. The first kappa shape index (κ1) is 15.0. The highest BCUT2D eigenvalue weighted by atomic mass is 19.1. The van der Waals surface area contributed by atoms with Gasteiger partial charge in [-0.2, -0.15) is 0 Å². The number of benzene rings is 2. The monoisotopic (exact) mass is 288 g/mol. The van der Waals surface area contributed by atoms with Crippen LogP contribution in [0.25, 0.3) is 0 Å². The van der Waals surface area contributed by atoms with Crippen LogP contribution in [0.15, 0.2) is 42.5 Å². The van der Waals surface area contributed by atoms with Gasteiger partial charge in [0.05, 0.1) is 12.2 Å². The van der Waals surface area contributed by atoms with Crippen molar-refractivity contribution >= 4 is 0 Å². The second-order valence-electron chi connectivity index (χ2n) is 4.34. The lowest BCUT2D eigenvalue weighted by Crippen LogP contribution is -1.98. The smallest absolute Gasteiger partial charge is 0.135 e. The lowest BCUT2D eigenvalue weighted by Gasteiger charge is -2.08. The van der Waals surface area contributed by atoms with Gasteiger partial charge in [0.15, 0.2) is 0 Å². The minimum atomic E-state index is -0.635. The van der Waals surface area contributed by atoms with Gasteiger partial charge in [-0.25, -0.2) is 8.78 Å². The summed E-state index contributed by atoms with van der Waals surface area (Å²) >= 11 is 0. The molecule has 2 aromatic rings. The van der Waals surface area contributed by atoms with Gasteiger partial charge in [0.25, 0.3) is 0 Å². The van der Waals surface area contributed by atoms with E-state index in [9.17, 15) is 8.78 Å². The molecule has 0 radical (unpaired) electrons. The number of ether oxygens (including phenoxy) is 1. The number of hydrogen-bond donors (Lipinski definition) is 1. The van der Waals surface area contributed by atoms with E-state index in [1.165, 1.54) is 12.1 Å². The molecular weight excluding hydrogens is 274 g/mol. The average molecular weight is 288 g/mol. The zero-order valence-corrected chi connectivity index (χ0v) is 11.3. The molecule has 0 heterocycles. The molecular formula is C17H14F2O2. The van der Waals surface area contributed by atoms with Crippen LogP contribution in [-0.2, 0) is 6.61 Å². The van der Waals surface area contributed by atoms with Gasteiger partial charge in [0.2, 0.25) is 0 Å². The third-order valence-electron chi connectivity index (χ3n) is 2.66. The van der Waals surface area contributed by atoms with E-state index in [0.29, 0.717) is 23.3 Å². The average Bonchev–Trinajstić information content (AvgIpc) is 2.45. The topological polar surface area (TPSA) is 29.5 Å². The molecule has 0 aliphatic rings. The number of rotatable bonds is 4. The molecule has 0 unspecified atom stereocenters. The van der Waals surface area contributed by atoms with Crippen LogP contribution in [-0.4, -0.2) is 11.7 Å². The van der Waals surface area contributed by atoms with Crippen LogP contribution in [0.2, 0.25) is 0 Å². The fourth-order valence-corrected chi connectivity index (χ4v) is 1.76. The van der Waals surface area contributed by atoms with Crippen LogP contribution in [0.4, 0.5) is 8.78 Å². The second kappa shape index (κ2) is 7.41. The number of aliphatic hydroxyl groups excluding tert-OH is 1. The third kappa shape index (κ3) is 4.59. The minimum absolute atomic E-state index is 0.00140. The van der Waals surface area contributed by atoms with E-state index in [-0.39, 0.29) is 13.2 Å². The molecule has 2 rings (SSSR count). The van der Waals surface area contributed by atoms with Gasteiger partial charge in [0.1, 0.15) is 24.0 Å². The largest absolute Gasteiger partial charge is 0.488 e. The predicted octanol–water partition coefficient (Wildman–Crippen LogP) is 3.28. The van der Waals surface area contributed by atoms with Crippen LogP contribution in [0.5, 0.6) is 5.75 Å². The SMILES string of the molecule is OCCC#Cc1ccccc1OCc1cc(F)cc(F)c1. The summed E-state index contributed by atoms with van der Waals surface area (Å²) in [6.07, 6.45) is 0.378. The summed E-state index contributed by atoms with van der Waals surface area (Å²) in [4.78, 5) is 0.